The molecule has 68 valence electrons. The Balaban J connectivity index is 2.49. The smallest absolute Gasteiger partial charge is 0.311 e. The summed E-state index contributed by atoms with van der Waals surface area (Å²) in [6.07, 6.45) is 1.08. The molecule has 0 amide bonds. The Morgan fingerprint density at radius 2 is 2.15 bits per heavy atom. The van der Waals surface area contributed by atoms with Crippen molar-refractivity contribution in [3.8, 4) is 11.5 Å². The normalized spacial score (nSPS) is 15.0. The zero-order valence-corrected chi connectivity index (χ0v) is 8.30. The number of esters is 1. The summed E-state index contributed by atoms with van der Waals surface area (Å²) in [5.74, 6) is 0.319. The molecule has 13 heavy (non-hydrogen) atoms. The fraction of sp³-hybridized carbons (Fsp3) is 0.222. The molecule has 3 nitrogen and oxygen atoms in total. The molecule has 0 atom stereocenters. The van der Waals surface area contributed by atoms with E-state index in [1.54, 1.807) is 6.07 Å². The van der Waals surface area contributed by atoms with Gasteiger partial charge in [-0.15, -0.1) is 0 Å². The highest BCUT2D eigenvalue weighted by Crippen LogP contribution is 2.34. The lowest BCUT2D eigenvalue weighted by Crippen LogP contribution is -2.15. The molecule has 1 heterocycles. The summed E-state index contributed by atoms with van der Waals surface area (Å²) in [4.78, 5) is 10.9. The largest absolute Gasteiger partial charge is 0.507 e. The first-order chi connectivity index (χ1) is 6.16. The van der Waals surface area contributed by atoms with Crippen molar-refractivity contribution < 1.29 is 14.6 Å². The number of benzene rings is 1. The van der Waals surface area contributed by atoms with E-state index in [9.17, 15) is 9.90 Å². The summed E-state index contributed by atoms with van der Waals surface area (Å²) >= 11 is 3.20. The van der Waals surface area contributed by atoms with Crippen LogP contribution in [-0.4, -0.2) is 11.1 Å². The number of hydrogen-bond donors (Lipinski definition) is 1. The number of aromatic hydroxyl groups is 1. The van der Waals surface area contributed by atoms with Crippen LogP contribution in [0.4, 0.5) is 0 Å². The molecule has 1 aromatic carbocycles. The lowest BCUT2D eigenvalue weighted by Gasteiger charge is -2.15. The van der Waals surface area contributed by atoms with Crippen LogP contribution in [-0.2, 0) is 11.2 Å². The number of carbonyl (C=O) groups excluding carboxylic acids is 1. The SMILES string of the molecule is O=C1CCc2cc(Br)c(O)cc2O1. The molecular formula is C9H7BrO3. The predicted molar refractivity (Wildman–Crippen MR) is 49.8 cm³/mol. The Morgan fingerprint density at radius 1 is 1.38 bits per heavy atom. The van der Waals surface area contributed by atoms with Crippen LogP contribution < -0.4 is 4.74 Å². The first-order valence-corrected chi connectivity index (χ1v) is 4.68. The zero-order valence-electron chi connectivity index (χ0n) is 6.71. The molecule has 0 unspecified atom stereocenters. The van der Waals surface area contributed by atoms with E-state index in [1.165, 1.54) is 6.07 Å². The Morgan fingerprint density at radius 3 is 2.92 bits per heavy atom. The van der Waals surface area contributed by atoms with Crippen LogP contribution in [0.2, 0.25) is 0 Å². The van der Waals surface area contributed by atoms with E-state index in [1.807, 2.05) is 0 Å². The Hall–Kier alpha value is -1.03. The van der Waals surface area contributed by atoms with Crippen LogP contribution in [0.3, 0.4) is 0 Å². The van der Waals surface area contributed by atoms with Crippen molar-refractivity contribution in [3.05, 3.63) is 22.2 Å². The first-order valence-electron chi connectivity index (χ1n) is 3.89. The molecule has 1 aliphatic rings. The molecule has 0 bridgehead atoms. The molecule has 1 aliphatic heterocycles. The van der Waals surface area contributed by atoms with Crippen molar-refractivity contribution in [1.82, 2.24) is 0 Å². The molecule has 0 saturated carbocycles. The second kappa shape index (κ2) is 3.03. The van der Waals surface area contributed by atoms with Crippen LogP contribution in [0.5, 0.6) is 11.5 Å². The zero-order chi connectivity index (χ0) is 9.42. The van der Waals surface area contributed by atoms with Crippen LogP contribution >= 0.6 is 15.9 Å². The van der Waals surface area contributed by atoms with E-state index in [0.29, 0.717) is 23.1 Å². The molecular weight excluding hydrogens is 236 g/mol. The number of phenolic OH excluding ortho intramolecular Hbond substituents is 1. The highest BCUT2D eigenvalue weighted by Gasteiger charge is 2.18. The molecule has 0 spiro atoms. The van der Waals surface area contributed by atoms with Gasteiger partial charge in [0.25, 0.3) is 0 Å². The lowest BCUT2D eigenvalue weighted by molar-refractivity contribution is -0.135. The van der Waals surface area contributed by atoms with Gasteiger partial charge in [-0.05, 0) is 34.0 Å². The molecule has 0 aliphatic carbocycles. The molecule has 0 radical (unpaired) electrons. The van der Waals surface area contributed by atoms with Crippen LogP contribution in [0.1, 0.15) is 12.0 Å². The van der Waals surface area contributed by atoms with Crippen molar-refractivity contribution >= 4 is 21.9 Å². The van der Waals surface area contributed by atoms with E-state index in [-0.39, 0.29) is 11.7 Å². The molecule has 4 heteroatoms. The third-order valence-corrected chi connectivity index (χ3v) is 2.59. The molecule has 1 aromatic rings. The average Bonchev–Trinajstić information content (AvgIpc) is 2.08. The molecule has 0 fully saturated rings. The van der Waals surface area contributed by atoms with E-state index in [0.717, 1.165) is 5.56 Å². The number of halogens is 1. The molecule has 1 N–H and O–H groups in total. The fourth-order valence-corrected chi connectivity index (χ4v) is 1.68. The summed E-state index contributed by atoms with van der Waals surface area (Å²) in [6, 6.07) is 3.23. The quantitative estimate of drug-likeness (QED) is 0.560. The standard InChI is InChI=1S/C9H7BrO3/c10-6-3-5-1-2-9(12)13-8(5)4-7(6)11/h3-4,11H,1-2H2. The van der Waals surface area contributed by atoms with Gasteiger partial charge in [-0.1, -0.05) is 0 Å². The van der Waals surface area contributed by atoms with E-state index < -0.39 is 0 Å². The third-order valence-electron chi connectivity index (χ3n) is 1.95. The summed E-state index contributed by atoms with van der Waals surface area (Å²) in [7, 11) is 0. The van der Waals surface area contributed by atoms with Gasteiger partial charge in [0.15, 0.2) is 0 Å². The minimum atomic E-state index is -0.241. The summed E-state index contributed by atoms with van der Waals surface area (Å²) in [6.45, 7) is 0. The Kier molecular flexibility index (Phi) is 2.00. The second-order valence-corrected chi connectivity index (χ2v) is 3.74. The second-order valence-electron chi connectivity index (χ2n) is 2.89. The van der Waals surface area contributed by atoms with Gasteiger partial charge in [0.2, 0.25) is 0 Å². The van der Waals surface area contributed by atoms with E-state index >= 15 is 0 Å². The minimum Gasteiger partial charge on any atom is -0.507 e. The van der Waals surface area contributed by atoms with Gasteiger partial charge in [-0.2, -0.15) is 0 Å². The van der Waals surface area contributed by atoms with Crippen molar-refractivity contribution in [2.75, 3.05) is 0 Å². The number of aryl methyl sites for hydroxylation is 1. The summed E-state index contributed by atoms with van der Waals surface area (Å²) < 4.78 is 5.58. The van der Waals surface area contributed by atoms with Gasteiger partial charge >= 0.3 is 5.97 Å². The average molecular weight is 243 g/mol. The van der Waals surface area contributed by atoms with Gasteiger partial charge in [-0.25, -0.2) is 0 Å². The van der Waals surface area contributed by atoms with Crippen molar-refractivity contribution in [2.45, 2.75) is 12.8 Å². The van der Waals surface area contributed by atoms with Crippen molar-refractivity contribution in [1.29, 1.82) is 0 Å². The number of phenols is 1. The van der Waals surface area contributed by atoms with Crippen molar-refractivity contribution in [3.63, 3.8) is 0 Å². The van der Waals surface area contributed by atoms with Crippen LogP contribution in [0, 0.1) is 0 Å². The molecule has 0 aromatic heterocycles. The maximum Gasteiger partial charge on any atom is 0.311 e. The predicted octanol–water partition coefficient (Wildman–Crippen LogP) is 2.01. The maximum absolute atomic E-state index is 10.9. The number of ether oxygens (including phenoxy) is 1. The fourth-order valence-electron chi connectivity index (χ4n) is 1.28. The number of rotatable bonds is 0. The van der Waals surface area contributed by atoms with Gasteiger partial charge < -0.3 is 9.84 Å². The Bertz CT molecular complexity index is 373. The molecule has 2 rings (SSSR count). The first kappa shape index (κ1) is 8.56. The number of fused-ring (bicyclic) bond motifs is 1. The van der Waals surface area contributed by atoms with Crippen LogP contribution in [0.15, 0.2) is 16.6 Å². The number of hydrogen-bond acceptors (Lipinski definition) is 3. The highest BCUT2D eigenvalue weighted by atomic mass is 79.9. The highest BCUT2D eigenvalue weighted by molar-refractivity contribution is 9.10. The maximum atomic E-state index is 10.9. The van der Waals surface area contributed by atoms with Gasteiger partial charge in [-0.3, -0.25) is 4.79 Å². The van der Waals surface area contributed by atoms with E-state index in [4.69, 9.17) is 4.74 Å². The van der Waals surface area contributed by atoms with E-state index in [2.05, 4.69) is 15.9 Å². The summed E-state index contributed by atoms with van der Waals surface area (Å²) in [5, 5.41) is 9.32. The van der Waals surface area contributed by atoms with Crippen LogP contribution in [0.25, 0.3) is 0 Å². The third kappa shape index (κ3) is 1.54. The topological polar surface area (TPSA) is 46.5 Å². The monoisotopic (exact) mass is 242 g/mol. The Labute approximate surface area is 83.5 Å². The number of carbonyl (C=O) groups is 1. The van der Waals surface area contributed by atoms with Gasteiger partial charge in [0.05, 0.1) is 10.9 Å². The van der Waals surface area contributed by atoms with Gasteiger partial charge in [0.1, 0.15) is 11.5 Å². The summed E-state index contributed by atoms with van der Waals surface area (Å²) in [5.41, 5.74) is 0.948. The van der Waals surface area contributed by atoms with Crippen molar-refractivity contribution in [2.24, 2.45) is 0 Å². The van der Waals surface area contributed by atoms with Gasteiger partial charge in [0, 0.05) is 6.07 Å². The molecule has 0 saturated heterocycles. The lowest BCUT2D eigenvalue weighted by atomic mass is 10.1. The minimum absolute atomic E-state index is 0.0912.